The van der Waals surface area contributed by atoms with E-state index in [9.17, 15) is 13.2 Å². The van der Waals surface area contributed by atoms with Crippen molar-refractivity contribution in [3.63, 3.8) is 0 Å². The lowest BCUT2D eigenvalue weighted by Crippen LogP contribution is -2.36. The van der Waals surface area contributed by atoms with E-state index in [1.165, 1.54) is 23.7 Å². The fraction of sp³-hybridized carbons (Fsp3) is 0.667. The monoisotopic (exact) mass is 319 g/mol. The predicted molar refractivity (Wildman–Crippen MR) is 74.9 cm³/mol. The van der Waals surface area contributed by atoms with Crippen molar-refractivity contribution in [3.8, 4) is 0 Å². The number of nitrogens with zero attached hydrogens (tertiary/aromatic N) is 2. The molecule has 0 aliphatic heterocycles. The average Bonchev–Trinajstić information content (AvgIpc) is 2.67. The topological polar surface area (TPSA) is 81.1 Å². The van der Waals surface area contributed by atoms with E-state index in [2.05, 4.69) is 10.4 Å². The van der Waals surface area contributed by atoms with Gasteiger partial charge in [0.25, 0.3) is 9.05 Å². The molecule has 0 bridgehead atoms. The molecule has 20 heavy (non-hydrogen) atoms. The number of amides is 1. The second-order valence-corrected chi connectivity index (χ2v) is 7.63. The Morgan fingerprint density at radius 2 is 2.00 bits per heavy atom. The number of hydrogen-bond acceptors (Lipinski definition) is 4. The number of carbonyl (C=O) groups excluding carboxylic acids is 1. The first-order valence-electron chi connectivity index (χ1n) is 6.71. The number of aromatic nitrogens is 2. The predicted octanol–water partition coefficient (Wildman–Crippen LogP) is 1.65. The van der Waals surface area contributed by atoms with E-state index in [4.69, 9.17) is 10.7 Å². The minimum atomic E-state index is -3.79. The molecule has 1 aromatic rings. The molecule has 0 spiro atoms. The normalized spacial score (nSPS) is 17.6. The maximum atomic E-state index is 11.9. The van der Waals surface area contributed by atoms with Crippen molar-refractivity contribution in [1.29, 1.82) is 0 Å². The van der Waals surface area contributed by atoms with Gasteiger partial charge in [-0.25, -0.2) is 8.42 Å². The summed E-state index contributed by atoms with van der Waals surface area (Å²) in [6.45, 7) is 0.00289. The molecule has 112 valence electrons. The fourth-order valence-electron chi connectivity index (χ4n) is 2.40. The Morgan fingerprint density at radius 1 is 1.35 bits per heavy atom. The zero-order valence-electron chi connectivity index (χ0n) is 11.1. The molecule has 1 N–H and O–H groups in total. The summed E-state index contributed by atoms with van der Waals surface area (Å²) in [6.07, 6.45) is 9.14. The first-order chi connectivity index (χ1) is 9.45. The number of halogens is 1. The van der Waals surface area contributed by atoms with Gasteiger partial charge in [0.2, 0.25) is 5.91 Å². The van der Waals surface area contributed by atoms with Crippen LogP contribution in [0.25, 0.3) is 0 Å². The van der Waals surface area contributed by atoms with Crippen LogP contribution in [0.3, 0.4) is 0 Å². The van der Waals surface area contributed by atoms with Gasteiger partial charge in [-0.1, -0.05) is 25.7 Å². The number of carbonyl (C=O) groups is 1. The van der Waals surface area contributed by atoms with Gasteiger partial charge in [-0.15, -0.1) is 0 Å². The molecule has 8 heteroatoms. The van der Waals surface area contributed by atoms with E-state index in [0.29, 0.717) is 0 Å². The van der Waals surface area contributed by atoms with Crippen LogP contribution in [-0.4, -0.2) is 30.1 Å². The minimum absolute atomic E-state index is 0.00289. The Bertz CT molecular complexity index is 562. The van der Waals surface area contributed by atoms with Crippen LogP contribution in [0.15, 0.2) is 17.3 Å². The summed E-state index contributed by atoms with van der Waals surface area (Å²) >= 11 is 0. The van der Waals surface area contributed by atoms with Gasteiger partial charge in [0, 0.05) is 22.9 Å². The molecule has 1 amide bonds. The lowest BCUT2D eigenvalue weighted by atomic mass is 10.1. The summed E-state index contributed by atoms with van der Waals surface area (Å²) in [4.78, 5) is 11.8. The van der Waals surface area contributed by atoms with E-state index in [-0.39, 0.29) is 23.4 Å². The first-order valence-corrected chi connectivity index (χ1v) is 9.02. The Balaban J connectivity index is 1.89. The van der Waals surface area contributed by atoms with Gasteiger partial charge in [0.15, 0.2) is 0 Å². The second-order valence-electron chi connectivity index (χ2n) is 5.07. The molecule has 0 atom stereocenters. The van der Waals surface area contributed by atoms with Crippen LogP contribution >= 0.6 is 10.7 Å². The third-order valence-corrected chi connectivity index (χ3v) is 4.73. The molecular weight excluding hydrogens is 302 g/mol. The second kappa shape index (κ2) is 6.58. The van der Waals surface area contributed by atoms with Crippen LogP contribution in [0.1, 0.15) is 38.5 Å². The summed E-state index contributed by atoms with van der Waals surface area (Å²) in [7, 11) is 1.41. The minimum Gasteiger partial charge on any atom is -0.352 e. The van der Waals surface area contributed by atoms with Crippen molar-refractivity contribution in [2.45, 2.75) is 56.0 Å². The average molecular weight is 320 g/mol. The van der Waals surface area contributed by atoms with Gasteiger partial charge < -0.3 is 5.32 Å². The third kappa shape index (κ3) is 4.49. The van der Waals surface area contributed by atoms with Crippen LogP contribution in [0.5, 0.6) is 0 Å². The van der Waals surface area contributed by atoms with Crippen molar-refractivity contribution >= 4 is 25.6 Å². The quantitative estimate of drug-likeness (QED) is 0.676. The maximum absolute atomic E-state index is 11.9. The lowest BCUT2D eigenvalue weighted by molar-refractivity contribution is -0.122. The molecule has 0 unspecified atom stereocenters. The number of rotatable bonds is 4. The van der Waals surface area contributed by atoms with Gasteiger partial charge in [-0.2, -0.15) is 5.10 Å². The van der Waals surface area contributed by atoms with Gasteiger partial charge in [-0.05, 0) is 12.8 Å². The van der Waals surface area contributed by atoms with E-state index in [1.54, 1.807) is 0 Å². The largest absolute Gasteiger partial charge is 0.352 e. The van der Waals surface area contributed by atoms with Crippen LogP contribution in [-0.2, 0) is 20.4 Å². The zero-order chi connectivity index (χ0) is 14.6. The van der Waals surface area contributed by atoms with Crippen molar-refractivity contribution in [2.75, 3.05) is 0 Å². The molecule has 1 aromatic heterocycles. The molecule has 6 nitrogen and oxygen atoms in total. The molecular formula is C12H18ClN3O3S. The summed E-state index contributed by atoms with van der Waals surface area (Å²) in [5.41, 5.74) is 0. The smallest absolute Gasteiger partial charge is 0.264 e. The third-order valence-electron chi connectivity index (χ3n) is 3.42. The zero-order valence-corrected chi connectivity index (χ0v) is 12.7. The van der Waals surface area contributed by atoms with E-state index >= 15 is 0 Å². The Hall–Kier alpha value is -1.08. The van der Waals surface area contributed by atoms with Crippen molar-refractivity contribution in [2.24, 2.45) is 0 Å². The van der Waals surface area contributed by atoms with Crippen LogP contribution in [0.2, 0.25) is 0 Å². The molecule has 0 saturated heterocycles. The lowest BCUT2D eigenvalue weighted by Gasteiger charge is -2.16. The van der Waals surface area contributed by atoms with Crippen LogP contribution < -0.4 is 5.32 Å². The highest BCUT2D eigenvalue weighted by Gasteiger charge is 2.17. The Kier molecular flexibility index (Phi) is 5.04. The molecule has 0 aromatic carbocycles. The van der Waals surface area contributed by atoms with Crippen molar-refractivity contribution in [3.05, 3.63) is 12.4 Å². The van der Waals surface area contributed by atoms with Crippen LogP contribution in [0, 0.1) is 0 Å². The number of nitrogens with one attached hydrogen (secondary N) is 1. The molecule has 1 heterocycles. The van der Waals surface area contributed by atoms with E-state index < -0.39 is 9.05 Å². The van der Waals surface area contributed by atoms with Crippen molar-refractivity contribution < 1.29 is 13.2 Å². The standard InChI is InChI=1S/C12H18ClN3O3S/c13-20(18,19)11-7-14-16(8-11)9-12(17)15-10-5-3-1-2-4-6-10/h7-8,10H,1-6,9H2,(H,15,17). The SMILES string of the molecule is O=C(Cn1cc(S(=O)(=O)Cl)cn1)NC1CCCCCC1. The molecule has 1 fully saturated rings. The van der Waals surface area contributed by atoms with E-state index in [1.807, 2.05) is 0 Å². The van der Waals surface area contributed by atoms with Gasteiger partial charge in [0.1, 0.15) is 11.4 Å². The number of hydrogen-bond donors (Lipinski definition) is 1. The molecule has 0 radical (unpaired) electrons. The molecule has 1 saturated carbocycles. The summed E-state index contributed by atoms with van der Waals surface area (Å²) < 4.78 is 23.5. The summed E-state index contributed by atoms with van der Waals surface area (Å²) in [6, 6.07) is 0.219. The molecule has 1 aliphatic rings. The van der Waals surface area contributed by atoms with Crippen molar-refractivity contribution in [1.82, 2.24) is 15.1 Å². The van der Waals surface area contributed by atoms with Crippen LogP contribution in [0.4, 0.5) is 0 Å². The fourth-order valence-corrected chi connectivity index (χ4v) is 3.06. The first kappa shape index (κ1) is 15.3. The molecule has 1 aliphatic carbocycles. The highest BCUT2D eigenvalue weighted by Crippen LogP contribution is 2.17. The van der Waals surface area contributed by atoms with Gasteiger partial charge >= 0.3 is 0 Å². The highest BCUT2D eigenvalue weighted by molar-refractivity contribution is 8.13. The Morgan fingerprint density at radius 3 is 2.55 bits per heavy atom. The van der Waals surface area contributed by atoms with E-state index in [0.717, 1.165) is 31.9 Å². The Labute approximate surface area is 122 Å². The van der Waals surface area contributed by atoms with Gasteiger partial charge in [0.05, 0.1) is 6.20 Å². The maximum Gasteiger partial charge on any atom is 0.264 e. The highest BCUT2D eigenvalue weighted by atomic mass is 35.7. The molecule has 2 rings (SSSR count). The summed E-state index contributed by atoms with van der Waals surface area (Å²) in [5.74, 6) is -0.154. The summed E-state index contributed by atoms with van der Waals surface area (Å²) in [5, 5.41) is 6.80. The van der Waals surface area contributed by atoms with Gasteiger partial charge in [-0.3, -0.25) is 9.48 Å².